The largest absolute Gasteiger partial charge is 0.460 e. The van der Waals surface area contributed by atoms with Crippen molar-refractivity contribution < 1.29 is 84.2 Å². The second-order valence-electron chi connectivity index (χ2n) is 7.78. The van der Waals surface area contributed by atoms with E-state index in [0.29, 0.717) is 10.8 Å². The molecule has 0 fully saturated rings. The molecule has 19 heteroatoms. The van der Waals surface area contributed by atoms with E-state index in [2.05, 4.69) is 4.74 Å². The Balaban J connectivity index is 2.42. The maximum atomic E-state index is 13.9. The summed E-state index contributed by atoms with van der Waals surface area (Å²) >= 11 is 0. The number of hydrogen-bond donors (Lipinski definition) is 0. The maximum Gasteiger partial charge on any atom is 0.460 e. The van der Waals surface area contributed by atoms with E-state index in [0.717, 1.165) is 12.1 Å². The van der Waals surface area contributed by atoms with Gasteiger partial charge in [0.25, 0.3) is 0 Å². The molecular weight excluding hydrogens is 595 g/mol. The Morgan fingerprint density at radius 2 is 0.949 bits per heavy atom. The van der Waals surface area contributed by atoms with Gasteiger partial charge in [0.05, 0.1) is 0 Å². The molecule has 2 nitrogen and oxygen atoms in total. The molecule has 0 saturated heterocycles. The van der Waals surface area contributed by atoms with Gasteiger partial charge in [0.15, 0.2) is 0 Å². The van der Waals surface area contributed by atoms with Crippen LogP contribution in [0.1, 0.15) is 5.56 Å². The van der Waals surface area contributed by atoms with E-state index in [9.17, 15) is 79.4 Å². The van der Waals surface area contributed by atoms with Crippen LogP contribution in [0.3, 0.4) is 0 Å². The van der Waals surface area contributed by atoms with Crippen LogP contribution in [0.5, 0.6) is 0 Å². The van der Waals surface area contributed by atoms with E-state index in [4.69, 9.17) is 0 Å². The van der Waals surface area contributed by atoms with Gasteiger partial charge in [-0.25, -0.2) is 4.79 Å². The highest BCUT2D eigenvalue weighted by Gasteiger charge is 2.95. The first kappa shape index (κ1) is 32.2. The van der Waals surface area contributed by atoms with Gasteiger partial charge in [-0.2, -0.15) is 74.6 Å². The van der Waals surface area contributed by atoms with E-state index < -0.39 is 60.2 Å². The molecule has 0 heterocycles. The van der Waals surface area contributed by atoms with Gasteiger partial charge in [-0.15, -0.1) is 0 Å². The number of fused-ring (bicyclic) bond motifs is 1. The highest BCUT2D eigenvalue weighted by atomic mass is 19.4. The van der Waals surface area contributed by atoms with Gasteiger partial charge >= 0.3 is 53.6 Å². The van der Waals surface area contributed by atoms with Crippen molar-refractivity contribution in [2.45, 2.75) is 54.2 Å². The Bertz CT molecular complexity index is 1220. The van der Waals surface area contributed by atoms with Crippen molar-refractivity contribution in [2.24, 2.45) is 0 Å². The summed E-state index contributed by atoms with van der Waals surface area (Å²) in [6.45, 7) is -1.46. The molecule has 0 amide bonds. The lowest BCUT2D eigenvalue weighted by Crippen LogP contribution is -2.75. The Labute approximate surface area is 204 Å². The molecule has 0 aliphatic rings. The fraction of sp³-hybridized carbons (Fsp3) is 0.450. The summed E-state index contributed by atoms with van der Waals surface area (Å²) < 4.78 is 229. The third-order valence-corrected chi connectivity index (χ3v) is 5.16. The third kappa shape index (κ3) is 4.60. The molecule has 0 aromatic heterocycles. The highest BCUT2D eigenvalue weighted by molar-refractivity contribution is 5.83. The summed E-state index contributed by atoms with van der Waals surface area (Å²) in [6.07, 6.45) is -7.84. The Hall–Kier alpha value is -3.02. The summed E-state index contributed by atoms with van der Waals surface area (Å²) in [5, 5.41) is 0.799. The first-order valence-electron chi connectivity index (χ1n) is 9.58. The SMILES string of the molecule is O=C(OCc1ccc2ccccc2c1)C(F)(F)C(F)(F)C(F)(F)C(F)(F)C(F)(F)C(F)(F)C(F)(F)C(F)(F)F. The van der Waals surface area contributed by atoms with E-state index in [1.807, 2.05) is 0 Å². The minimum atomic E-state index is -8.77. The normalized spacial score (nSPS) is 15.0. The lowest BCUT2D eigenvalue weighted by Gasteiger charge is -2.42. The lowest BCUT2D eigenvalue weighted by atomic mass is 9.89. The predicted octanol–water partition coefficient (Wildman–Crippen LogP) is 7.89. The molecule has 0 bridgehead atoms. The number of esters is 1. The Kier molecular flexibility index (Phi) is 7.66. The van der Waals surface area contributed by atoms with Crippen molar-refractivity contribution in [1.29, 1.82) is 0 Å². The first-order valence-corrected chi connectivity index (χ1v) is 9.58. The standard InChI is InChI=1S/C20H9F17O2/c21-13(22,12(38)39-8-9-5-6-10-3-1-2-4-11(10)7-9)14(23,24)15(25,26)16(27,28)17(29,30)18(31,32)19(33,34)20(35,36)37/h1-7H,8H2. The molecule has 0 aliphatic carbocycles. The van der Waals surface area contributed by atoms with Crippen LogP contribution < -0.4 is 0 Å². The van der Waals surface area contributed by atoms with Crippen molar-refractivity contribution in [3.63, 3.8) is 0 Å². The van der Waals surface area contributed by atoms with Crippen LogP contribution in [0.2, 0.25) is 0 Å². The van der Waals surface area contributed by atoms with Crippen molar-refractivity contribution in [2.75, 3.05) is 0 Å². The number of hydrogen-bond acceptors (Lipinski definition) is 2. The molecule has 2 aromatic rings. The van der Waals surface area contributed by atoms with Gasteiger partial charge in [-0.1, -0.05) is 36.4 Å². The highest BCUT2D eigenvalue weighted by Crippen LogP contribution is 2.64. The van der Waals surface area contributed by atoms with Crippen LogP contribution in [0, 0.1) is 0 Å². The number of benzene rings is 2. The molecule has 0 aliphatic heterocycles. The third-order valence-electron chi connectivity index (χ3n) is 5.16. The molecule has 2 rings (SSSR count). The molecule has 0 radical (unpaired) electrons. The van der Waals surface area contributed by atoms with E-state index >= 15 is 0 Å². The van der Waals surface area contributed by atoms with Crippen LogP contribution in [-0.2, 0) is 16.1 Å². The Morgan fingerprint density at radius 3 is 1.41 bits per heavy atom. The fourth-order valence-corrected chi connectivity index (χ4v) is 2.86. The minimum Gasteiger partial charge on any atom is -0.456 e. The van der Waals surface area contributed by atoms with Gasteiger partial charge in [0.1, 0.15) is 6.61 Å². The predicted molar refractivity (Wildman–Crippen MR) is 94.4 cm³/mol. The van der Waals surface area contributed by atoms with Crippen LogP contribution in [0.25, 0.3) is 10.8 Å². The zero-order valence-corrected chi connectivity index (χ0v) is 18.0. The maximum absolute atomic E-state index is 13.9. The molecule has 0 spiro atoms. The molecule has 2 aromatic carbocycles. The Morgan fingerprint density at radius 1 is 0.538 bits per heavy atom. The van der Waals surface area contributed by atoms with Gasteiger partial charge < -0.3 is 4.74 Å². The van der Waals surface area contributed by atoms with Gasteiger partial charge in [0.2, 0.25) is 0 Å². The molecule has 220 valence electrons. The molecule has 0 saturated carbocycles. The molecule has 39 heavy (non-hydrogen) atoms. The summed E-state index contributed by atoms with van der Waals surface area (Å²) in [5.41, 5.74) is -0.307. The zero-order valence-electron chi connectivity index (χ0n) is 18.0. The zero-order chi connectivity index (χ0) is 30.7. The van der Waals surface area contributed by atoms with Crippen LogP contribution >= 0.6 is 0 Å². The van der Waals surface area contributed by atoms with Crippen LogP contribution in [0.4, 0.5) is 74.6 Å². The topological polar surface area (TPSA) is 26.3 Å². The molecular formula is C20H9F17O2. The number of ether oxygens (including phenoxy) is 1. The van der Waals surface area contributed by atoms with E-state index in [1.54, 1.807) is 0 Å². The quantitative estimate of drug-likeness (QED) is 0.215. The van der Waals surface area contributed by atoms with Gasteiger partial charge in [-0.3, -0.25) is 0 Å². The molecule has 0 N–H and O–H groups in total. The second-order valence-corrected chi connectivity index (χ2v) is 7.78. The number of rotatable bonds is 9. The molecule has 0 atom stereocenters. The first-order chi connectivity index (χ1) is 17.2. The van der Waals surface area contributed by atoms with Gasteiger partial charge in [0, 0.05) is 0 Å². The number of alkyl halides is 17. The number of carbonyl (C=O) groups excluding carboxylic acids is 1. The average molecular weight is 604 g/mol. The van der Waals surface area contributed by atoms with E-state index in [-0.39, 0.29) is 5.56 Å². The monoisotopic (exact) mass is 604 g/mol. The number of halogens is 17. The van der Waals surface area contributed by atoms with Gasteiger partial charge in [-0.05, 0) is 22.4 Å². The summed E-state index contributed by atoms with van der Waals surface area (Å²) in [4.78, 5) is 11.4. The summed E-state index contributed by atoms with van der Waals surface area (Å²) in [7, 11) is 0. The van der Waals surface area contributed by atoms with Crippen molar-refractivity contribution >= 4 is 16.7 Å². The smallest absolute Gasteiger partial charge is 0.456 e. The van der Waals surface area contributed by atoms with Crippen LogP contribution in [0.15, 0.2) is 42.5 Å². The minimum absolute atomic E-state index is 0.307. The van der Waals surface area contributed by atoms with Crippen LogP contribution in [-0.4, -0.2) is 53.6 Å². The second kappa shape index (κ2) is 9.28. The summed E-state index contributed by atoms with van der Waals surface area (Å²) in [5.74, 6) is -62.1. The van der Waals surface area contributed by atoms with Crippen molar-refractivity contribution in [1.82, 2.24) is 0 Å². The summed E-state index contributed by atoms with van der Waals surface area (Å²) in [6, 6.07) is 9.21. The number of carbonyl (C=O) groups is 1. The lowest BCUT2D eigenvalue weighted by molar-refractivity contribution is -0.460. The average Bonchev–Trinajstić information content (AvgIpc) is 2.80. The molecule has 0 unspecified atom stereocenters. The van der Waals surface area contributed by atoms with E-state index in [1.165, 1.54) is 30.3 Å². The fourth-order valence-electron chi connectivity index (χ4n) is 2.86. The van der Waals surface area contributed by atoms with Crippen molar-refractivity contribution in [3.05, 3.63) is 48.0 Å². The van der Waals surface area contributed by atoms with Crippen molar-refractivity contribution in [3.8, 4) is 0 Å².